The maximum atomic E-state index is 14.3. The number of benzene rings is 2. The van der Waals surface area contributed by atoms with Gasteiger partial charge in [0.05, 0.1) is 15.6 Å². The molecule has 123 valence electrons. The van der Waals surface area contributed by atoms with Gasteiger partial charge < -0.3 is 9.16 Å². The van der Waals surface area contributed by atoms with Crippen LogP contribution in [-0.4, -0.2) is 15.6 Å². The van der Waals surface area contributed by atoms with Crippen LogP contribution in [0.1, 0.15) is 11.7 Å². The largest absolute Gasteiger partial charge is 0.481 e. The van der Waals surface area contributed by atoms with Crippen LogP contribution in [-0.2, 0) is 4.43 Å². The second-order valence-electron chi connectivity index (χ2n) is 5.04. The highest BCUT2D eigenvalue weighted by Crippen LogP contribution is 2.37. The van der Waals surface area contributed by atoms with Crippen molar-refractivity contribution in [2.45, 2.75) is 19.2 Å². The van der Waals surface area contributed by atoms with E-state index in [9.17, 15) is 4.39 Å². The van der Waals surface area contributed by atoms with Gasteiger partial charge in [0, 0.05) is 10.6 Å². The van der Waals surface area contributed by atoms with E-state index in [0.29, 0.717) is 16.3 Å². The number of hydrogen-bond donors (Lipinski definition) is 0. The van der Waals surface area contributed by atoms with Crippen molar-refractivity contribution in [1.29, 1.82) is 0 Å². The van der Waals surface area contributed by atoms with Crippen LogP contribution in [0.2, 0.25) is 18.1 Å². The summed E-state index contributed by atoms with van der Waals surface area (Å²) < 4.78 is 27.6. The minimum absolute atomic E-state index is 0.271. The van der Waals surface area contributed by atoms with Crippen molar-refractivity contribution < 1.29 is 13.6 Å². The molecule has 0 aliphatic rings. The minimum atomic E-state index is -0.921. The molecule has 2 aromatic carbocycles. The SMILES string of the molecule is C[Si](C)OCC(Oc1c(Br)cccc1Br)c1ccc(Cl)cc1F. The second kappa shape index (κ2) is 8.62. The maximum absolute atomic E-state index is 14.3. The van der Waals surface area contributed by atoms with Crippen LogP contribution in [0.25, 0.3) is 0 Å². The zero-order chi connectivity index (χ0) is 17.0. The Morgan fingerprint density at radius 2 is 1.83 bits per heavy atom. The Morgan fingerprint density at radius 1 is 1.17 bits per heavy atom. The van der Waals surface area contributed by atoms with Gasteiger partial charge in [-0.1, -0.05) is 23.7 Å². The molecule has 0 aliphatic carbocycles. The molecule has 2 rings (SSSR count). The number of rotatable bonds is 6. The second-order valence-corrected chi connectivity index (χ2v) is 9.29. The van der Waals surface area contributed by atoms with Gasteiger partial charge in [-0.05, 0) is 69.2 Å². The summed E-state index contributed by atoms with van der Waals surface area (Å²) in [7, 11) is -0.921. The van der Waals surface area contributed by atoms with Gasteiger partial charge in [-0.15, -0.1) is 0 Å². The molecule has 1 atom stereocenters. The van der Waals surface area contributed by atoms with E-state index in [4.69, 9.17) is 20.8 Å². The van der Waals surface area contributed by atoms with Gasteiger partial charge in [0.1, 0.15) is 17.7 Å². The highest BCUT2D eigenvalue weighted by molar-refractivity contribution is 9.11. The van der Waals surface area contributed by atoms with Crippen LogP contribution in [0.3, 0.4) is 0 Å². The van der Waals surface area contributed by atoms with Crippen LogP contribution < -0.4 is 4.74 Å². The third-order valence-electron chi connectivity index (χ3n) is 3.01. The number of hydrogen-bond acceptors (Lipinski definition) is 2. The van der Waals surface area contributed by atoms with Crippen LogP contribution in [0.15, 0.2) is 45.3 Å². The average Bonchev–Trinajstić information content (AvgIpc) is 2.47. The molecule has 0 aromatic heterocycles. The Kier molecular flexibility index (Phi) is 7.10. The molecule has 0 heterocycles. The number of ether oxygens (including phenoxy) is 1. The maximum Gasteiger partial charge on any atom is 0.205 e. The first kappa shape index (κ1) is 18.9. The molecular formula is C16H15Br2ClFO2Si. The monoisotopic (exact) mass is 479 g/mol. The Labute approximate surface area is 158 Å². The summed E-state index contributed by atoms with van der Waals surface area (Å²) in [6, 6.07) is 10.2. The zero-order valence-corrected chi connectivity index (χ0v) is 17.5. The Morgan fingerprint density at radius 3 is 2.39 bits per heavy atom. The van der Waals surface area contributed by atoms with E-state index in [1.54, 1.807) is 12.1 Å². The van der Waals surface area contributed by atoms with Crippen molar-refractivity contribution >= 4 is 52.5 Å². The fraction of sp³-hybridized carbons (Fsp3) is 0.250. The number of halogens is 4. The highest BCUT2D eigenvalue weighted by Gasteiger charge is 2.21. The van der Waals surface area contributed by atoms with E-state index in [1.165, 1.54) is 6.07 Å². The van der Waals surface area contributed by atoms with Crippen molar-refractivity contribution in [3.8, 4) is 5.75 Å². The van der Waals surface area contributed by atoms with Crippen molar-refractivity contribution in [3.05, 3.63) is 61.7 Å². The van der Waals surface area contributed by atoms with Crippen LogP contribution in [0, 0.1) is 5.82 Å². The molecule has 0 N–H and O–H groups in total. The molecule has 23 heavy (non-hydrogen) atoms. The molecule has 7 heteroatoms. The van der Waals surface area contributed by atoms with E-state index >= 15 is 0 Å². The lowest BCUT2D eigenvalue weighted by Gasteiger charge is -2.22. The smallest absolute Gasteiger partial charge is 0.205 e. The van der Waals surface area contributed by atoms with E-state index in [-0.39, 0.29) is 6.61 Å². The third-order valence-corrected chi connectivity index (χ3v) is 5.24. The van der Waals surface area contributed by atoms with Gasteiger partial charge in [0.15, 0.2) is 0 Å². The Hall–Kier alpha value is -0.403. The first-order valence-electron chi connectivity index (χ1n) is 6.87. The summed E-state index contributed by atoms with van der Waals surface area (Å²) >= 11 is 12.7. The number of para-hydroxylation sites is 1. The molecule has 0 spiro atoms. The zero-order valence-electron chi connectivity index (χ0n) is 12.6. The average molecular weight is 482 g/mol. The fourth-order valence-corrected chi connectivity index (χ4v) is 3.76. The topological polar surface area (TPSA) is 18.5 Å². The van der Waals surface area contributed by atoms with Gasteiger partial charge >= 0.3 is 0 Å². The van der Waals surface area contributed by atoms with Crippen LogP contribution in [0.4, 0.5) is 4.39 Å². The fourth-order valence-electron chi connectivity index (χ4n) is 1.93. The summed E-state index contributed by atoms with van der Waals surface area (Å²) in [5, 5.41) is 0.351. The summed E-state index contributed by atoms with van der Waals surface area (Å²) in [5.74, 6) is 0.201. The molecule has 0 amide bonds. The van der Waals surface area contributed by atoms with Crippen molar-refractivity contribution in [2.24, 2.45) is 0 Å². The van der Waals surface area contributed by atoms with E-state index < -0.39 is 21.0 Å². The first-order chi connectivity index (χ1) is 10.9. The quantitative estimate of drug-likeness (QED) is 0.445. The molecule has 2 aromatic rings. The van der Waals surface area contributed by atoms with Gasteiger partial charge in [-0.25, -0.2) is 4.39 Å². The molecule has 0 bridgehead atoms. The van der Waals surface area contributed by atoms with E-state index in [0.717, 1.165) is 8.95 Å². The molecule has 2 nitrogen and oxygen atoms in total. The van der Waals surface area contributed by atoms with E-state index in [1.807, 2.05) is 31.3 Å². The first-order valence-corrected chi connectivity index (χ1v) is 11.2. The molecule has 0 saturated carbocycles. The highest BCUT2D eigenvalue weighted by atomic mass is 79.9. The van der Waals surface area contributed by atoms with Gasteiger partial charge in [-0.3, -0.25) is 0 Å². The van der Waals surface area contributed by atoms with Crippen LogP contribution in [0.5, 0.6) is 5.75 Å². The normalized spacial score (nSPS) is 12.5. The molecule has 0 aliphatic heterocycles. The summed E-state index contributed by atoms with van der Waals surface area (Å²) in [6.07, 6.45) is -0.567. The molecular weight excluding hydrogens is 467 g/mol. The predicted molar refractivity (Wildman–Crippen MR) is 100 cm³/mol. The molecule has 0 saturated heterocycles. The summed E-state index contributed by atoms with van der Waals surface area (Å²) in [5.41, 5.74) is 0.417. The Bertz CT molecular complexity index is 665. The summed E-state index contributed by atoms with van der Waals surface area (Å²) in [4.78, 5) is 0. The predicted octanol–water partition coefficient (Wildman–Crippen LogP) is 6.39. The van der Waals surface area contributed by atoms with Crippen molar-refractivity contribution in [2.75, 3.05) is 6.61 Å². The third kappa shape index (κ3) is 5.29. The van der Waals surface area contributed by atoms with Crippen LogP contribution >= 0.6 is 43.5 Å². The lowest BCUT2D eigenvalue weighted by Crippen LogP contribution is -2.20. The molecule has 1 unspecified atom stereocenters. The van der Waals surface area contributed by atoms with Crippen molar-refractivity contribution in [3.63, 3.8) is 0 Å². The standard InChI is InChI=1S/C16H15Br2ClFO2Si/c1-23(2)21-9-15(11-7-6-10(19)8-14(11)20)22-16-12(17)4-3-5-13(16)18/h3-8,15H,9H2,1-2H3. The summed E-state index contributed by atoms with van der Waals surface area (Å²) in [6.45, 7) is 4.32. The van der Waals surface area contributed by atoms with Gasteiger partial charge in [0.2, 0.25) is 9.04 Å². The van der Waals surface area contributed by atoms with Gasteiger partial charge in [0.25, 0.3) is 0 Å². The lowest BCUT2D eigenvalue weighted by atomic mass is 10.1. The molecule has 0 fully saturated rings. The Balaban J connectivity index is 2.34. The van der Waals surface area contributed by atoms with Gasteiger partial charge in [-0.2, -0.15) is 0 Å². The molecule has 1 radical (unpaired) electrons. The lowest BCUT2D eigenvalue weighted by molar-refractivity contribution is 0.125. The van der Waals surface area contributed by atoms with Crippen molar-refractivity contribution in [1.82, 2.24) is 0 Å². The minimum Gasteiger partial charge on any atom is -0.481 e. The van der Waals surface area contributed by atoms with E-state index in [2.05, 4.69) is 31.9 Å².